The Morgan fingerprint density at radius 2 is 1.09 bits per heavy atom. The van der Waals surface area contributed by atoms with Crippen LogP contribution >= 0.6 is 0 Å². The van der Waals surface area contributed by atoms with Crippen LogP contribution in [0.2, 0.25) is 0 Å². The molecular formula is C44H36O. The Labute approximate surface area is 265 Å². The van der Waals surface area contributed by atoms with E-state index in [9.17, 15) is 0 Å². The van der Waals surface area contributed by atoms with Crippen LogP contribution in [0.1, 0.15) is 25.8 Å². The van der Waals surface area contributed by atoms with E-state index in [1.165, 1.54) is 60.1 Å². The number of hydrogen-bond acceptors (Lipinski definition) is 1. The number of fused-ring (bicyclic) bond motifs is 4. The van der Waals surface area contributed by atoms with E-state index in [2.05, 4.69) is 152 Å². The Balaban J connectivity index is 0.00000160. The number of ether oxygens (including phenoxy) is 1. The van der Waals surface area contributed by atoms with E-state index in [1.54, 1.807) is 0 Å². The highest BCUT2D eigenvalue weighted by Gasteiger charge is 2.21. The Hall–Kier alpha value is -5.40. The molecule has 0 saturated heterocycles. The number of hydrogen-bond donors (Lipinski definition) is 0. The van der Waals surface area contributed by atoms with E-state index in [4.69, 9.17) is 4.74 Å². The molecule has 45 heavy (non-hydrogen) atoms. The second-order valence-electron chi connectivity index (χ2n) is 11.2. The van der Waals surface area contributed by atoms with Crippen molar-refractivity contribution in [3.05, 3.63) is 158 Å². The fraction of sp³-hybridized carbons (Fsp3) is 0.0909. The van der Waals surface area contributed by atoms with Gasteiger partial charge in [-0.25, -0.2) is 0 Å². The van der Waals surface area contributed by atoms with Crippen molar-refractivity contribution in [2.45, 2.75) is 20.3 Å². The van der Waals surface area contributed by atoms with Gasteiger partial charge in [-0.1, -0.05) is 154 Å². The molecule has 1 heterocycles. The average molecular weight is 581 g/mol. The maximum atomic E-state index is 6.24. The van der Waals surface area contributed by atoms with Crippen molar-refractivity contribution >= 4 is 37.9 Å². The standard InChI is InChI=1S/C42H30O.C2H6/c1-28-11-8-9-26-43-39-19-10-18-38(40(28)39)42-36-16-6-4-14-34(36)41(35-15-5-7-17-37(35)42)31-23-20-30(21-24-31)33-25-22-29-12-2-3-13-32(29)27-33;1-2/h2-8,10-25,27H,1,9,26H2;1-2H3/b11-8-;. The normalized spacial score (nSPS) is 13.3. The van der Waals surface area contributed by atoms with Gasteiger partial charge in [0.1, 0.15) is 5.75 Å². The maximum absolute atomic E-state index is 6.24. The molecule has 0 bridgehead atoms. The first kappa shape index (κ1) is 28.4. The third-order valence-corrected chi connectivity index (χ3v) is 8.67. The van der Waals surface area contributed by atoms with Gasteiger partial charge in [0.05, 0.1) is 6.61 Å². The van der Waals surface area contributed by atoms with Gasteiger partial charge in [0.25, 0.3) is 0 Å². The summed E-state index contributed by atoms with van der Waals surface area (Å²) in [7, 11) is 0. The van der Waals surface area contributed by atoms with Crippen molar-refractivity contribution in [2.75, 3.05) is 6.61 Å². The number of allylic oxidation sites excluding steroid dienone is 2. The third-order valence-electron chi connectivity index (χ3n) is 8.67. The minimum atomic E-state index is 0.663. The van der Waals surface area contributed by atoms with Gasteiger partial charge in [-0.3, -0.25) is 0 Å². The van der Waals surface area contributed by atoms with Gasteiger partial charge in [-0.2, -0.15) is 0 Å². The van der Waals surface area contributed by atoms with Gasteiger partial charge in [-0.05, 0) is 89.8 Å². The fourth-order valence-corrected chi connectivity index (χ4v) is 6.66. The summed E-state index contributed by atoms with van der Waals surface area (Å²) in [4.78, 5) is 0. The molecule has 0 aromatic heterocycles. The molecule has 0 radical (unpaired) electrons. The maximum Gasteiger partial charge on any atom is 0.127 e. The Morgan fingerprint density at radius 1 is 0.511 bits per heavy atom. The lowest BCUT2D eigenvalue weighted by molar-refractivity contribution is 0.323. The quantitative estimate of drug-likeness (QED) is 0.189. The Morgan fingerprint density at radius 3 is 1.78 bits per heavy atom. The molecule has 0 unspecified atom stereocenters. The SMILES string of the molecule is C=C1/C=C\CCOc2cccc(-c3c4ccccc4c(-c4ccc(-c5ccc6ccccc6c5)cc4)c4ccccc34)c21.CC. The molecule has 1 aliphatic heterocycles. The van der Waals surface area contributed by atoms with Crippen LogP contribution in [0.15, 0.2) is 152 Å². The van der Waals surface area contributed by atoms with Crippen molar-refractivity contribution in [2.24, 2.45) is 0 Å². The molecule has 7 aromatic rings. The van der Waals surface area contributed by atoms with Crippen LogP contribution in [0.4, 0.5) is 0 Å². The van der Waals surface area contributed by atoms with Gasteiger partial charge in [-0.15, -0.1) is 0 Å². The van der Waals surface area contributed by atoms with Crippen molar-refractivity contribution in [3.63, 3.8) is 0 Å². The highest BCUT2D eigenvalue weighted by atomic mass is 16.5. The van der Waals surface area contributed by atoms with E-state index in [1.807, 2.05) is 13.8 Å². The first-order valence-electron chi connectivity index (χ1n) is 15.9. The number of benzene rings is 7. The summed E-state index contributed by atoms with van der Waals surface area (Å²) >= 11 is 0. The molecule has 1 aliphatic rings. The van der Waals surface area contributed by atoms with E-state index in [-0.39, 0.29) is 0 Å². The molecule has 218 valence electrons. The van der Waals surface area contributed by atoms with Gasteiger partial charge in [0.2, 0.25) is 0 Å². The molecule has 1 nitrogen and oxygen atoms in total. The van der Waals surface area contributed by atoms with Crippen LogP contribution in [0.3, 0.4) is 0 Å². The van der Waals surface area contributed by atoms with Gasteiger partial charge in [0.15, 0.2) is 0 Å². The van der Waals surface area contributed by atoms with Gasteiger partial charge in [0, 0.05) is 5.56 Å². The first-order chi connectivity index (χ1) is 22.3. The van der Waals surface area contributed by atoms with Crippen LogP contribution in [-0.4, -0.2) is 6.61 Å². The summed E-state index contributed by atoms with van der Waals surface area (Å²) in [6.45, 7) is 9.11. The molecule has 0 spiro atoms. The van der Waals surface area contributed by atoms with E-state index in [0.29, 0.717) is 6.61 Å². The lowest BCUT2D eigenvalue weighted by Gasteiger charge is -2.22. The van der Waals surface area contributed by atoms with E-state index < -0.39 is 0 Å². The Bertz CT molecular complexity index is 2160. The summed E-state index contributed by atoms with van der Waals surface area (Å²) in [5.74, 6) is 0.897. The molecular weight excluding hydrogens is 544 g/mol. The zero-order valence-corrected chi connectivity index (χ0v) is 25.9. The second-order valence-corrected chi connectivity index (χ2v) is 11.2. The molecule has 0 N–H and O–H groups in total. The van der Waals surface area contributed by atoms with Crippen molar-refractivity contribution in [1.82, 2.24) is 0 Å². The minimum absolute atomic E-state index is 0.663. The zero-order valence-electron chi connectivity index (χ0n) is 25.9. The molecule has 7 aromatic carbocycles. The van der Waals surface area contributed by atoms with Gasteiger partial charge >= 0.3 is 0 Å². The predicted octanol–water partition coefficient (Wildman–Crippen LogP) is 12.5. The summed E-state index contributed by atoms with van der Waals surface area (Å²) in [5, 5.41) is 7.44. The zero-order chi connectivity index (χ0) is 30.8. The average Bonchev–Trinajstić information content (AvgIpc) is 3.10. The lowest BCUT2D eigenvalue weighted by Crippen LogP contribution is -2.03. The Kier molecular flexibility index (Phi) is 7.76. The van der Waals surface area contributed by atoms with Gasteiger partial charge < -0.3 is 4.74 Å². The smallest absolute Gasteiger partial charge is 0.127 e. The highest BCUT2D eigenvalue weighted by molar-refractivity contribution is 6.22. The predicted molar refractivity (Wildman–Crippen MR) is 195 cm³/mol. The van der Waals surface area contributed by atoms with Crippen LogP contribution in [0, 0.1) is 0 Å². The molecule has 8 rings (SSSR count). The monoisotopic (exact) mass is 580 g/mol. The van der Waals surface area contributed by atoms with Crippen molar-refractivity contribution < 1.29 is 4.74 Å². The lowest BCUT2D eigenvalue weighted by atomic mass is 9.83. The van der Waals surface area contributed by atoms with Crippen LogP contribution in [0.25, 0.3) is 71.3 Å². The molecule has 0 saturated carbocycles. The van der Waals surface area contributed by atoms with Crippen LogP contribution in [-0.2, 0) is 0 Å². The van der Waals surface area contributed by atoms with Crippen LogP contribution < -0.4 is 4.74 Å². The molecule has 0 amide bonds. The van der Waals surface area contributed by atoms with Crippen LogP contribution in [0.5, 0.6) is 5.75 Å². The van der Waals surface area contributed by atoms with Crippen molar-refractivity contribution in [1.29, 1.82) is 0 Å². The summed E-state index contributed by atoms with van der Waals surface area (Å²) in [6.07, 6.45) is 5.17. The molecule has 0 fully saturated rings. The molecule has 1 heteroatoms. The van der Waals surface area contributed by atoms with Crippen molar-refractivity contribution in [3.8, 4) is 39.1 Å². The molecule has 0 aliphatic carbocycles. The summed E-state index contributed by atoms with van der Waals surface area (Å²) in [5.41, 5.74) is 9.34. The third kappa shape index (κ3) is 5.11. The second kappa shape index (κ2) is 12.3. The molecule has 0 atom stereocenters. The highest BCUT2D eigenvalue weighted by Crippen LogP contribution is 2.47. The summed E-state index contributed by atoms with van der Waals surface area (Å²) in [6, 6.07) is 48.3. The number of rotatable bonds is 3. The summed E-state index contributed by atoms with van der Waals surface area (Å²) < 4.78 is 6.24. The topological polar surface area (TPSA) is 9.23 Å². The fourth-order valence-electron chi connectivity index (χ4n) is 6.66. The minimum Gasteiger partial charge on any atom is -0.493 e. The largest absolute Gasteiger partial charge is 0.493 e. The van der Waals surface area contributed by atoms with E-state index in [0.717, 1.165) is 28.9 Å². The van der Waals surface area contributed by atoms with E-state index >= 15 is 0 Å². The first-order valence-corrected chi connectivity index (χ1v) is 15.9.